The van der Waals surface area contributed by atoms with Crippen LogP contribution in [0, 0.1) is 13.8 Å². The fourth-order valence-corrected chi connectivity index (χ4v) is 5.13. The number of benzene rings is 1. The molecule has 34 heavy (non-hydrogen) atoms. The molecule has 3 rings (SSSR count). The second-order valence-corrected chi connectivity index (χ2v) is 9.90. The summed E-state index contributed by atoms with van der Waals surface area (Å²) < 4.78 is 39.5. The number of hydrogen-bond donors (Lipinski definition) is 2. The van der Waals surface area contributed by atoms with Crippen LogP contribution in [0.15, 0.2) is 29.2 Å². The van der Waals surface area contributed by atoms with Crippen molar-refractivity contribution in [3.63, 3.8) is 0 Å². The minimum absolute atomic E-state index is 0.115. The Labute approximate surface area is 199 Å². The van der Waals surface area contributed by atoms with Gasteiger partial charge in [0.15, 0.2) is 5.65 Å². The first-order chi connectivity index (χ1) is 16.1. The van der Waals surface area contributed by atoms with Crippen LogP contribution in [0.5, 0.6) is 5.88 Å². The van der Waals surface area contributed by atoms with E-state index in [1.54, 1.807) is 30.8 Å². The molecule has 10 nitrogen and oxygen atoms in total. The number of rotatable bonds is 10. The maximum Gasteiger partial charge on any atom is 0.242 e. The number of pyridine rings is 1. The lowest BCUT2D eigenvalue weighted by Gasteiger charge is -2.14. The Balaban J connectivity index is 1.67. The highest BCUT2D eigenvalue weighted by Gasteiger charge is 2.19. The molecule has 0 aliphatic rings. The van der Waals surface area contributed by atoms with Gasteiger partial charge in [0, 0.05) is 38.0 Å². The maximum absolute atomic E-state index is 12.6. The maximum atomic E-state index is 12.6. The standard InChI is InChI=1S/C23H31N5O5S/c1-14(13-32-5)27-34(30,31)18-9-7-17(8-10-18)25-20(29)12-11-19-15(2)21-22(24-16(19)3)28(4)26-23(21)33-6/h7-10,14,27H,11-13H2,1-6H3,(H,25,29). The van der Waals surface area contributed by atoms with Gasteiger partial charge < -0.3 is 14.8 Å². The van der Waals surface area contributed by atoms with E-state index in [0.717, 1.165) is 27.9 Å². The Kier molecular flexibility index (Phi) is 7.90. The van der Waals surface area contributed by atoms with Gasteiger partial charge in [0.1, 0.15) is 0 Å². The highest BCUT2D eigenvalue weighted by molar-refractivity contribution is 7.89. The zero-order valence-electron chi connectivity index (χ0n) is 20.3. The van der Waals surface area contributed by atoms with Crippen molar-refractivity contribution in [3.8, 4) is 5.88 Å². The number of nitrogens with one attached hydrogen (secondary N) is 2. The van der Waals surface area contributed by atoms with Crippen LogP contribution in [-0.4, -0.2) is 56.0 Å². The van der Waals surface area contributed by atoms with Gasteiger partial charge in [-0.15, -0.1) is 5.10 Å². The average Bonchev–Trinajstić information content (AvgIpc) is 3.09. The summed E-state index contributed by atoms with van der Waals surface area (Å²) in [4.78, 5) is 17.3. The highest BCUT2D eigenvalue weighted by atomic mass is 32.2. The number of fused-ring (bicyclic) bond motifs is 1. The lowest BCUT2D eigenvalue weighted by Crippen LogP contribution is -2.35. The molecular formula is C23H31N5O5S. The van der Waals surface area contributed by atoms with E-state index >= 15 is 0 Å². The first-order valence-corrected chi connectivity index (χ1v) is 12.3. The van der Waals surface area contributed by atoms with E-state index in [0.29, 0.717) is 18.0 Å². The van der Waals surface area contributed by atoms with Crippen LogP contribution >= 0.6 is 0 Å². The van der Waals surface area contributed by atoms with E-state index in [-0.39, 0.29) is 29.9 Å². The number of aromatic nitrogens is 3. The molecule has 1 unspecified atom stereocenters. The number of carbonyl (C=O) groups excluding carboxylic acids is 1. The Morgan fingerprint density at radius 2 is 1.85 bits per heavy atom. The lowest BCUT2D eigenvalue weighted by molar-refractivity contribution is -0.116. The van der Waals surface area contributed by atoms with E-state index < -0.39 is 10.0 Å². The molecule has 0 fully saturated rings. The van der Waals surface area contributed by atoms with Crippen molar-refractivity contribution in [2.45, 2.75) is 44.6 Å². The summed E-state index contributed by atoms with van der Waals surface area (Å²) in [5.74, 6) is 0.328. The fraction of sp³-hybridized carbons (Fsp3) is 0.435. The van der Waals surface area contributed by atoms with Gasteiger partial charge in [0.25, 0.3) is 0 Å². The predicted molar refractivity (Wildman–Crippen MR) is 130 cm³/mol. The summed E-state index contributed by atoms with van der Waals surface area (Å²) in [5.41, 5.74) is 4.07. The molecule has 1 atom stereocenters. The summed E-state index contributed by atoms with van der Waals surface area (Å²) in [5, 5.41) is 8.01. The smallest absolute Gasteiger partial charge is 0.242 e. The summed E-state index contributed by atoms with van der Waals surface area (Å²) in [6, 6.07) is 5.69. The molecule has 0 aliphatic carbocycles. The SMILES string of the molecule is COCC(C)NS(=O)(=O)c1ccc(NC(=O)CCc2c(C)nc3c(c(OC)nn3C)c2C)cc1. The van der Waals surface area contributed by atoms with Crippen LogP contribution < -0.4 is 14.8 Å². The van der Waals surface area contributed by atoms with Gasteiger partial charge in [0.05, 0.1) is 24.0 Å². The first-order valence-electron chi connectivity index (χ1n) is 10.8. The number of ether oxygens (including phenoxy) is 2. The van der Waals surface area contributed by atoms with Gasteiger partial charge in [-0.2, -0.15) is 0 Å². The number of carbonyl (C=O) groups is 1. The van der Waals surface area contributed by atoms with E-state index in [9.17, 15) is 13.2 Å². The van der Waals surface area contributed by atoms with Gasteiger partial charge in [-0.1, -0.05) is 0 Å². The van der Waals surface area contributed by atoms with Crippen molar-refractivity contribution in [1.82, 2.24) is 19.5 Å². The van der Waals surface area contributed by atoms with Crippen molar-refractivity contribution >= 4 is 32.7 Å². The fourth-order valence-electron chi connectivity index (χ4n) is 3.90. The number of sulfonamides is 1. The number of anilines is 1. The Bertz CT molecular complexity index is 1290. The molecule has 0 saturated carbocycles. The molecule has 2 heterocycles. The van der Waals surface area contributed by atoms with E-state index in [1.165, 1.54) is 19.2 Å². The van der Waals surface area contributed by atoms with Gasteiger partial charge in [-0.3, -0.25) is 4.79 Å². The summed E-state index contributed by atoms with van der Waals surface area (Å²) in [6.45, 7) is 5.88. The molecule has 0 aliphatic heterocycles. The Hall–Kier alpha value is -3.02. The number of methoxy groups -OCH3 is 2. The summed E-state index contributed by atoms with van der Waals surface area (Å²) in [7, 11) is 1.22. The third-order valence-electron chi connectivity index (χ3n) is 5.54. The molecule has 184 valence electrons. The van der Waals surface area contributed by atoms with Crippen LogP contribution in [0.2, 0.25) is 0 Å². The van der Waals surface area contributed by atoms with Gasteiger partial charge >= 0.3 is 0 Å². The van der Waals surface area contributed by atoms with Crippen LogP contribution in [-0.2, 0) is 33.0 Å². The van der Waals surface area contributed by atoms with Crippen molar-refractivity contribution < 1.29 is 22.7 Å². The first kappa shape index (κ1) is 25.6. The van der Waals surface area contributed by atoms with Crippen LogP contribution in [0.25, 0.3) is 11.0 Å². The van der Waals surface area contributed by atoms with Crippen molar-refractivity contribution in [1.29, 1.82) is 0 Å². The van der Waals surface area contributed by atoms with Crippen LogP contribution in [0.3, 0.4) is 0 Å². The normalized spacial score (nSPS) is 12.6. The number of aryl methyl sites for hydroxylation is 3. The molecule has 11 heteroatoms. The molecule has 0 radical (unpaired) electrons. The molecule has 0 bridgehead atoms. The van der Waals surface area contributed by atoms with Gasteiger partial charge in [-0.05, 0) is 62.6 Å². The lowest BCUT2D eigenvalue weighted by atomic mass is 10.00. The molecule has 2 aromatic heterocycles. The Morgan fingerprint density at radius 1 is 1.18 bits per heavy atom. The third-order valence-corrected chi connectivity index (χ3v) is 7.15. The molecule has 2 N–H and O–H groups in total. The zero-order valence-corrected chi connectivity index (χ0v) is 21.1. The summed E-state index contributed by atoms with van der Waals surface area (Å²) >= 11 is 0. The van der Waals surface area contributed by atoms with Crippen molar-refractivity contribution in [2.75, 3.05) is 26.1 Å². The molecule has 1 aromatic carbocycles. The predicted octanol–water partition coefficient (Wildman–Crippen LogP) is 2.48. The Morgan fingerprint density at radius 3 is 2.47 bits per heavy atom. The molecule has 3 aromatic rings. The molecule has 1 amide bonds. The van der Waals surface area contributed by atoms with Gasteiger partial charge in [-0.25, -0.2) is 22.8 Å². The second-order valence-electron chi connectivity index (χ2n) is 8.18. The van der Waals surface area contributed by atoms with E-state index in [2.05, 4.69) is 20.1 Å². The number of nitrogens with zero attached hydrogens (tertiary/aromatic N) is 3. The quantitative estimate of drug-likeness (QED) is 0.448. The molecule has 0 saturated heterocycles. The van der Waals surface area contributed by atoms with E-state index in [4.69, 9.17) is 9.47 Å². The van der Waals surface area contributed by atoms with E-state index in [1.807, 2.05) is 20.9 Å². The second kappa shape index (κ2) is 10.5. The minimum Gasteiger partial charge on any atom is -0.479 e. The minimum atomic E-state index is -3.67. The highest BCUT2D eigenvalue weighted by Crippen LogP contribution is 2.30. The zero-order chi connectivity index (χ0) is 25.0. The molecule has 0 spiro atoms. The van der Waals surface area contributed by atoms with Crippen LogP contribution in [0.1, 0.15) is 30.2 Å². The van der Waals surface area contributed by atoms with Crippen LogP contribution in [0.4, 0.5) is 5.69 Å². The molecular weight excluding hydrogens is 458 g/mol. The largest absolute Gasteiger partial charge is 0.479 e. The number of hydrogen-bond acceptors (Lipinski definition) is 7. The third kappa shape index (κ3) is 5.54. The monoisotopic (exact) mass is 489 g/mol. The number of amides is 1. The van der Waals surface area contributed by atoms with Crippen molar-refractivity contribution in [3.05, 3.63) is 41.1 Å². The van der Waals surface area contributed by atoms with Gasteiger partial charge in [0.2, 0.25) is 21.8 Å². The van der Waals surface area contributed by atoms with Crippen molar-refractivity contribution in [2.24, 2.45) is 7.05 Å². The summed E-state index contributed by atoms with van der Waals surface area (Å²) in [6.07, 6.45) is 0.742. The topological polar surface area (TPSA) is 124 Å². The average molecular weight is 490 g/mol.